The van der Waals surface area contributed by atoms with Gasteiger partial charge in [-0.05, 0) is 13.8 Å². The Morgan fingerprint density at radius 2 is 1.10 bits per heavy atom. The van der Waals surface area contributed by atoms with E-state index in [0.29, 0.717) is 0 Å². The van der Waals surface area contributed by atoms with Gasteiger partial charge in [0.1, 0.15) is 18.1 Å². The SMILES string of the molecule is CC(O)C(N)C(=O)NC(CC(=O)O)C(=O)NC(CC(=O)O)C(=O)NC(C(=O)O)C(C)O. The van der Waals surface area contributed by atoms with Gasteiger partial charge in [-0.3, -0.25) is 24.0 Å². The molecule has 0 fully saturated rings. The predicted octanol–water partition coefficient (Wildman–Crippen LogP) is -4.44. The molecular formula is C16H26N4O11. The fraction of sp³-hybridized carbons (Fsp3) is 0.625. The van der Waals surface area contributed by atoms with Gasteiger partial charge >= 0.3 is 17.9 Å². The molecular weight excluding hydrogens is 424 g/mol. The fourth-order valence-electron chi connectivity index (χ4n) is 2.17. The van der Waals surface area contributed by atoms with Crippen molar-refractivity contribution in [2.75, 3.05) is 0 Å². The lowest BCUT2D eigenvalue weighted by atomic mass is 10.1. The van der Waals surface area contributed by atoms with Gasteiger partial charge in [0.2, 0.25) is 17.7 Å². The van der Waals surface area contributed by atoms with Gasteiger partial charge in [-0.25, -0.2) is 4.79 Å². The van der Waals surface area contributed by atoms with E-state index in [9.17, 15) is 39.0 Å². The third-order valence-electron chi connectivity index (χ3n) is 3.89. The molecule has 176 valence electrons. The molecule has 3 amide bonds. The molecule has 0 aromatic rings. The van der Waals surface area contributed by atoms with E-state index in [4.69, 9.17) is 21.1 Å². The average molecular weight is 450 g/mol. The van der Waals surface area contributed by atoms with Crippen LogP contribution in [0.1, 0.15) is 26.7 Å². The lowest BCUT2D eigenvalue weighted by molar-refractivity contribution is -0.146. The summed E-state index contributed by atoms with van der Waals surface area (Å²) in [6, 6.07) is -7.00. The second-order valence-electron chi connectivity index (χ2n) is 6.65. The summed E-state index contributed by atoms with van der Waals surface area (Å²) in [4.78, 5) is 69.8. The fourth-order valence-corrected chi connectivity index (χ4v) is 2.17. The van der Waals surface area contributed by atoms with Gasteiger partial charge < -0.3 is 47.2 Å². The van der Waals surface area contributed by atoms with E-state index in [2.05, 4.69) is 0 Å². The van der Waals surface area contributed by atoms with Crippen LogP contribution in [0.15, 0.2) is 0 Å². The first-order valence-electron chi connectivity index (χ1n) is 8.86. The van der Waals surface area contributed by atoms with Crippen molar-refractivity contribution in [2.24, 2.45) is 5.73 Å². The van der Waals surface area contributed by atoms with Crippen molar-refractivity contribution in [3.8, 4) is 0 Å². The summed E-state index contributed by atoms with van der Waals surface area (Å²) in [5, 5.41) is 51.4. The number of nitrogens with one attached hydrogen (secondary N) is 3. The van der Waals surface area contributed by atoms with Crippen LogP contribution >= 0.6 is 0 Å². The van der Waals surface area contributed by atoms with Crippen molar-refractivity contribution in [2.45, 2.75) is 63.1 Å². The van der Waals surface area contributed by atoms with Crippen LogP contribution in [-0.4, -0.2) is 97.5 Å². The number of hydrogen-bond acceptors (Lipinski definition) is 9. The number of nitrogens with two attached hydrogens (primary N) is 1. The number of aliphatic hydroxyl groups is 2. The minimum atomic E-state index is -1.87. The summed E-state index contributed by atoms with van der Waals surface area (Å²) in [7, 11) is 0. The zero-order chi connectivity index (χ0) is 24.5. The van der Waals surface area contributed by atoms with E-state index in [0.717, 1.165) is 6.92 Å². The summed E-state index contributed by atoms with van der Waals surface area (Å²) in [6.45, 7) is 2.22. The van der Waals surface area contributed by atoms with Crippen LogP contribution in [0.2, 0.25) is 0 Å². The highest BCUT2D eigenvalue weighted by molar-refractivity contribution is 5.97. The number of hydrogen-bond donors (Lipinski definition) is 9. The summed E-state index contributed by atoms with van der Waals surface area (Å²) in [6.07, 6.45) is -4.90. The van der Waals surface area contributed by atoms with Gasteiger partial charge in [-0.2, -0.15) is 0 Å². The van der Waals surface area contributed by atoms with E-state index < -0.39 is 84.8 Å². The highest BCUT2D eigenvalue weighted by Gasteiger charge is 2.34. The van der Waals surface area contributed by atoms with E-state index in [1.807, 2.05) is 16.0 Å². The number of amides is 3. The average Bonchev–Trinajstić information content (AvgIpc) is 2.62. The lowest BCUT2D eigenvalue weighted by Gasteiger charge is -2.24. The van der Waals surface area contributed by atoms with Crippen LogP contribution in [0.25, 0.3) is 0 Å². The number of aliphatic carboxylic acids is 3. The van der Waals surface area contributed by atoms with Crippen molar-refractivity contribution in [3.05, 3.63) is 0 Å². The standard InChI is InChI=1S/C16H26N4O11/c1-5(21)11(17)15(29)19-7(3-9(23)24)13(27)18-8(4-10(25)26)14(28)20-12(6(2)22)16(30)31/h5-8,11-12,21-22H,3-4,17H2,1-2H3,(H,18,27)(H,19,29)(H,20,28)(H,23,24)(H,25,26)(H,30,31). The largest absolute Gasteiger partial charge is 0.481 e. The third kappa shape index (κ3) is 9.83. The van der Waals surface area contributed by atoms with Gasteiger partial charge in [0.05, 0.1) is 25.0 Å². The number of carboxylic acids is 3. The molecule has 0 aromatic carbocycles. The number of carbonyl (C=O) groups excluding carboxylic acids is 3. The Hall–Kier alpha value is -3.30. The quantitative estimate of drug-likeness (QED) is 0.129. The minimum Gasteiger partial charge on any atom is -0.481 e. The van der Waals surface area contributed by atoms with Crippen LogP contribution < -0.4 is 21.7 Å². The number of rotatable bonds is 13. The predicted molar refractivity (Wildman–Crippen MR) is 99.3 cm³/mol. The first-order valence-corrected chi connectivity index (χ1v) is 8.86. The maximum atomic E-state index is 12.4. The molecule has 15 nitrogen and oxygen atoms in total. The number of carboxylic acid groups (broad SMARTS) is 3. The Kier molecular flexibility index (Phi) is 11.1. The zero-order valence-electron chi connectivity index (χ0n) is 16.6. The molecule has 0 aliphatic heterocycles. The Labute approximate surface area is 175 Å². The maximum absolute atomic E-state index is 12.4. The molecule has 0 aliphatic carbocycles. The van der Waals surface area contributed by atoms with Crippen LogP contribution in [0.5, 0.6) is 0 Å². The smallest absolute Gasteiger partial charge is 0.328 e. The third-order valence-corrected chi connectivity index (χ3v) is 3.89. The summed E-state index contributed by atoms with van der Waals surface area (Å²) in [5.74, 6) is -8.39. The molecule has 6 atom stereocenters. The lowest BCUT2D eigenvalue weighted by Crippen LogP contribution is -2.59. The van der Waals surface area contributed by atoms with Gasteiger partial charge in [-0.1, -0.05) is 0 Å². The van der Waals surface area contributed by atoms with Gasteiger partial charge in [0, 0.05) is 0 Å². The van der Waals surface area contributed by atoms with E-state index in [1.54, 1.807) is 0 Å². The highest BCUT2D eigenvalue weighted by atomic mass is 16.4. The van der Waals surface area contributed by atoms with Gasteiger partial charge in [0.15, 0.2) is 6.04 Å². The van der Waals surface area contributed by atoms with Crippen LogP contribution in [-0.2, 0) is 28.8 Å². The Bertz CT molecular complexity index is 710. The van der Waals surface area contributed by atoms with Crippen molar-refractivity contribution in [1.82, 2.24) is 16.0 Å². The molecule has 0 spiro atoms. The second-order valence-corrected chi connectivity index (χ2v) is 6.65. The second kappa shape index (κ2) is 12.4. The Morgan fingerprint density at radius 3 is 1.42 bits per heavy atom. The minimum absolute atomic E-state index is 0.975. The molecule has 0 bridgehead atoms. The summed E-state index contributed by atoms with van der Waals surface area (Å²) >= 11 is 0. The van der Waals surface area contributed by atoms with Crippen molar-refractivity contribution in [1.29, 1.82) is 0 Å². The normalized spacial score (nSPS) is 16.5. The molecule has 0 aromatic heterocycles. The van der Waals surface area contributed by atoms with E-state index in [-0.39, 0.29) is 0 Å². The molecule has 0 aliphatic rings. The molecule has 0 radical (unpaired) electrons. The first kappa shape index (κ1) is 27.7. The molecule has 0 saturated heterocycles. The van der Waals surface area contributed by atoms with Crippen LogP contribution in [0, 0.1) is 0 Å². The monoisotopic (exact) mass is 450 g/mol. The van der Waals surface area contributed by atoms with Crippen LogP contribution in [0.3, 0.4) is 0 Å². The molecule has 15 heteroatoms. The van der Waals surface area contributed by atoms with Crippen molar-refractivity contribution < 1.29 is 54.3 Å². The summed E-state index contributed by atoms with van der Waals surface area (Å²) in [5.41, 5.74) is 5.40. The van der Waals surface area contributed by atoms with Crippen molar-refractivity contribution >= 4 is 35.6 Å². The van der Waals surface area contributed by atoms with E-state index in [1.165, 1.54) is 6.92 Å². The first-order chi connectivity index (χ1) is 14.2. The molecule has 31 heavy (non-hydrogen) atoms. The Morgan fingerprint density at radius 1 is 0.710 bits per heavy atom. The van der Waals surface area contributed by atoms with Gasteiger partial charge in [-0.15, -0.1) is 0 Å². The topological polar surface area (TPSA) is 266 Å². The zero-order valence-corrected chi connectivity index (χ0v) is 16.6. The molecule has 0 rings (SSSR count). The molecule has 10 N–H and O–H groups in total. The summed E-state index contributed by atoms with van der Waals surface area (Å²) < 4.78 is 0. The highest BCUT2D eigenvalue weighted by Crippen LogP contribution is 2.02. The van der Waals surface area contributed by atoms with E-state index >= 15 is 0 Å². The Balaban J connectivity index is 5.56. The van der Waals surface area contributed by atoms with Crippen LogP contribution in [0.4, 0.5) is 0 Å². The maximum Gasteiger partial charge on any atom is 0.328 e. The molecule has 0 saturated carbocycles. The van der Waals surface area contributed by atoms with Crippen molar-refractivity contribution in [3.63, 3.8) is 0 Å². The molecule has 6 unspecified atom stereocenters. The number of aliphatic hydroxyl groups excluding tert-OH is 2. The van der Waals surface area contributed by atoms with Gasteiger partial charge in [0.25, 0.3) is 0 Å². The number of carbonyl (C=O) groups is 6. The molecule has 0 heterocycles.